The average molecular weight is 517 g/mol. The first-order chi connectivity index (χ1) is 13.5. The van der Waals surface area contributed by atoms with Crippen molar-refractivity contribution in [1.82, 2.24) is 20.4 Å². The van der Waals surface area contributed by atoms with Crippen LogP contribution in [0.15, 0.2) is 23.2 Å². The Morgan fingerprint density at radius 3 is 2.55 bits per heavy atom. The van der Waals surface area contributed by atoms with Gasteiger partial charge in [0.1, 0.15) is 5.75 Å². The summed E-state index contributed by atoms with van der Waals surface area (Å²) < 4.78 is 5.88. The first kappa shape index (κ1) is 25.5. The molecule has 2 rings (SSSR count). The number of amides is 1. The van der Waals surface area contributed by atoms with Crippen molar-refractivity contribution < 1.29 is 9.53 Å². The summed E-state index contributed by atoms with van der Waals surface area (Å²) in [5.41, 5.74) is 2.32. The highest BCUT2D eigenvalue weighted by Gasteiger charge is 2.17. The molecule has 0 saturated carbocycles. The summed E-state index contributed by atoms with van der Waals surface area (Å²) in [6.45, 7) is 12.4. The van der Waals surface area contributed by atoms with E-state index in [4.69, 9.17) is 4.74 Å². The molecule has 1 saturated heterocycles. The second-order valence-corrected chi connectivity index (χ2v) is 7.16. The molecule has 1 aliphatic heterocycles. The van der Waals surface area contributed by atoms with Crippen molar-refractivity contribution in [2.45, 2.75) is 33.7 Å². The number of ether oxygens (including phenoxy) is 1. The lowest BCUT2D eigenvalue weighted by Gasteiger charge is -2.34. The number of aliphatic imine (C=N–C) groups is 1. The second kappa shape index (κ2) is 13.6. The molecular weight excluding hydrogens is 481 g/mol. The summed E-state index contributed by atoms with van der Waals surface area (Å²) in [5, 5.41) is 6.74. The molecule has 8 heteroatoms. The molecule has 0 aliphatic carbocycles. The van der Waals surface area contributed by atoms with Gasteiger partial charge in [-0.1, -0.05) is 19.1 Å². The SMILES string of the molecule is CCCOc1cc(C)ccc1CNC(=NC)NCCN1CCN(C(C)=O)CC1.I. The van der Waals surface area contributed by atoms with Gasteiger partial charge < -0.3 is 20.3 Å². The standard InChI is InChI=1S/C21H35N5O2.HI/c1-5-14-28-20-15-17(2)6-7-19(20)16-24-21(22-4)23-8-9-25-10-12-26(13-11-25)18(3)27;/h6-7,15H,5,8-14,16H2,1-4H3,(H2,22,23,24);1H. The van der Waals surface area contributed by atoms with E-state index >= 15 is 0 Å². The molecule has 0 unspecified atom stereocenters. The summed E-state index contributed by atoms with van der Waals surface area (Å²) in [7, 11) is 1.78. The van der Waals surface area contributed by atoms with E-state index < -0.39 is 0 Å². The summed E-state index contributed by atoms with van der Waals surface area (Å²) in [4.78, 5) is 20.0. The number of hydrogen-bond donors (Lipinski definition) is 2. The van der Waals surface area contributed by atoms with Crippen LogP contribution in [0.4, 0.5) is 0 Å². The fourth-order valence-corrected chi connectivity index (χ4v) is 3.17. The lowest BCUT2D eigenvalue weighted by atomic mass is 10.1. The van der Waals surface area contributed by atoms with E-state index in [-0.39, 0.29) is 29.9 Å². The Balaban J connectivity index is 0.00000420. The summed E-state index contributed by atoms with van der Waals surface area (Å²) in [6.07, 6.45) is 0.991. The quantitative estimate of drug-likeness (QED) is 0.315. The number of guanidine groups is 1. The predicted octanol–water partition coefficient (Wildman–Crippen LogP) is 2.23. The van der Waals surface area contributed by atoms with Crippen LogP contribution >= 0.6 is 24.0 Å². The van der Waals surface area contributed by atoms with Gasteiger partial charge in [-0.2, -0.15) is 0 Å². The van der Waals surface area contributed by atoms with E-state index in [2.05, 4.69) is 52.6 Å². The van der Waals surface area contributed by atoms with Gasteiger partial charge in [0.25, 0.3) is 0 Å². The molecule has 0 aromatic heterocycles. The van der Waals surface area contributed by atoms with Gasteiger partial charge in [0.15, 0.2) is 5.96 Å². The molecule has 7 nitrogen and oxygen atoms in total. The maximum absolute atomic E-state index is 11.4. The number of carbonyl (C=O) groups is 1. The normalized spacial score (nSPS) is 14.9. The number of rotatable bonds is 8. The largest absolute Gasteiger partial charge is 0.493 e. The topological polar surface area (TPSA) is 69.2 Å². The molecule has 0 atom stereocenters. The van der Waals surface area contributed by atoms with Gasteiger partial charge in [-0.25, -0.2) is 0 Å². The van der Waals surface area contributed by atoms with Crippen molar-refractivity contribution >= 4 is 35.8 Å². The van der Waals surface area contributed by atoms with E-state index in [0.29, 0.717) is 6.54 Å². The van der Waals surface area contributed by atoms with Crippen molar-refractivity contribution in [1.29, 1.82) is 0 Å². The van der Waals surface area contributed by atoms with Crippen molar-refractivity contribution in [2.24, 2.45) is 4.99 Å². The molecule has 0 radical (unpaired) electrons. The molecule has 1 aliphatic rings. The van der Waals surface area contributed by atoms with Crippen molar-refractivity contribution in [3.63, 3.8) is 0 Å². The van der Waals surface area contributed by atoms with Gasteiger partial charge in [-0.05, 0) is 25.0 Å². The zero-order chi connectivity index (χ0) is 20.4. The molecule has 1 amide bonds. The monoisotopic (exact) mass is 517 g/mol. The third-order valence-corrected chi connectivity index (χ3v) is 4.89. The number of nitrogens with one attached hydrogen (secondary N) is 2. The van der Waals surface area contributed by atoms with Crippen molar-refractivity contribution in [2.75, 3.05) is 52.9 Å². The Morgan fingerprint density at radius 2 is 1.93 bits per heavy atom. The molecule has 1 aromatic carbocycles. The highest BCUT2D eigenvalue weighted by atomic mass is 127. The van der Waals surface area contributed by atoms with E-state index in [0.717, 1.165) is 69.6 Å². The molecule has 29 heavy (non-hydrogen) atoms. The first-order valence-electron chi connectivity index (χ1n) is 10.2. The molecule has 2 N–H and O–H groups in total. The number of aryl methyl sites for hydroxylation is 1. The highest BCUT2D eigenvalue weighted by Crippen LogP contribution is 2.20. The number of piperazine rings is 1. The van der Waals surface area contributed by atoms with Crippen molar-refractivity contribution in [3.05, 3.63) is 29.3 Å². The Bertz CT molecular complexity index is 660. The minimum Gasteiger partial charge on any atom is -0.493 e. The van der Waals surface area contributed by atoms with Crippen LogP contribution in [-0.2, 0) is 11.3 Å². The maximum Gasteiger partial charge on any atom is 0.219 e. The number of benzene rings is 1. The van der Waals surface area contributed by atoms with Gasteiger partial charge in [0, 0.05) is 65.3 Å². The van der Waals surface area contributed by atoms with Gasteiger partial charge in [0.2, 0.25) is 5.91 Å². The molecule has 1 heterocycles. The third kappa shape index (κ3) is 8.77. The highest BCUT2D eigenvalue weighted by molar-refractivity contribution is 14.0. The van der Waals surface area contributed by atoms with Crippen LogP contribution in [0.3, 0.4) is 0 Å². The third-order valence-electron chi connectivity index (χ3n) is 4.89. The van der Waals surface area contributed by atoms with Crippen LogP contribution in [0, 0.1) is 6.92 Å². The Kier molecular flexibility index (Phi) is 12.0. The van der Waals surface area contributed by atoms with Crippen LogP contribution in [0.2, 0.25) is 0 Å². The van der Waals surface area contributed by atoms with Gasteiger partial charge >= 0.3 is 0 Å². The van der Waals surface area contributed by atoms with Crippen LogP contribution in [0.1, 0.15) is 31.4 Å². The van der Waals surface area contributed by atoms with Gasteiger partial charge in [0.05, 0.1) is 6.61 Å². The van der Waals surface area contributed by atoms with E-state index in [1.54, 1.807) is 14.0 Å². The first-order valence-corrected chi connectivity index (χ1v) is 10.2. The van der Waals surface area contributed by atoms with Gasteiger partial charge in [-0.3, -0.25) is 14.7 Å². The molecule has 164 valence electrons. The minimum atomic E-state index is 0. The van der Waals surface area contributed by atoms with E-state index in [9.17, 15) is 4.79 Å². The fourth-order valence-electron chi connectivity index (χ4n) is 3.17. The van der Waals surface area contributed by atoms with E-state index in [1.165, 1.54) is 5.56 Å². The Hall–Kier alpha value is -1.55. The summed E-state index contributed by atoms with van der Waals surface area (Å²) >= 11 is 0. The number of halogens is 1. The van der Waals surface area contributed by atoms with Crippen LogP contribution in [0.5, 0.6) is 5.75 Å². The summed E-state index contributed by atoms with van der Waals surface area (Å²) in [5.74, 6) is 1.89. The minimum absolute atomic E-state index is 0. The molecule has 0 spiro atoms. The van der Waals surface area contributed by atoms with Crippen LogP contribution in [0.25, 0.3) is 0 Å². The molecule has 1 aromatic rings. The predicted molar refractivity (Wildman–Crippen MR) is 129 cm³/mol. The lowest BCUT2D eigenvalue weighted by molar-refractivity contribution is -0.130. The van der Waals surface area contributed by atoms with Crippen LogP contribution < -0.4 is 15.4 Å². The number of nitrogens with zero attached hydrogens (tertiary/aromatic N) is 3. The second-order valence-electron chi connectivity index (χ2n) is 7.16. The van der Waals surface area contributed by atoms with Gasteiger partial charge in [-0.15, -0.1) is 24.0 Å². The molecule has 1 fully saturated rings. The zero-order valence-corrected chi connectivity index (χ0v) is 20.5. The maximum atomic E-state index is 11.4. The van der Waals surface area contributed by atoms with Crippen LogP contribution in [-0.4, -0.2) is 74.6 Å². The summed E-state index contributed by atoms with van der Waals surface area (Å²) in [6, 6.07) is 6.30. The smallest absolute Gasteiger partial charge is 0.219 e. The Morgan fingerprint density at radius 1 is 1.21 bits per heavy atom. The lowest BCUT2D eigenvalue weighted by Crippen LogP contribution is -2.50. The number of carbonyl (C=O) groups excluding carboxylic acids is 1. The molecule has 0 bridgehead atoms. The van der Waals surface area contributed by atoms with E-state index in [1.807, 2.05) is 4.90 Å². The number of hydrogen-bond acceptors (Lipinski definition) is 4. The fraction of sp³-hybridized carbons (Fsp3) is 0.619. The Labute approximate surface area is 192 Å². The van der Waals surface area contributed by atoms with Crippen molar-refractivity contribution in [3.8, 4) is 5.75 Å². The zero-order valence-electron chi connectivity index (χ0n) is 18.2. The molecular formula is C21H36IN5O2. The average Bonchev–Trinajstić information content (AvgIpc) is 2.70.